The van der Waals surface area contributed by atoms with Gasteiger partial charge in [0.05, 0.1) is 5.75 Å². The number of thioether (sulfide) groups is 1. The second-order valence-electron chi connectivity index (χ2n) is 3.87. The number of anilines is 1. The Bertz CT molecular complexity index is 422. The molecule has 104 valence electrons. The van der Waals surface area contributed by atoms with Crippen LogP contribution in [0.15, 0.2) is 23.2 Å². The van der Waals surface area contributed by atoms with Crippen molar-refractivity contribution in [3.63, 3.8) is 0 Å². The number of hydrogen-bond acceptors (Lipinski definition) is 5. The monoisotopic (exact) mass is 282 g/mol. The largest absolute Gasteiger partial charge is 0.384 e. The lowest BCUT2D eigenvalue weighted by Gasteiger charge is -2.06. The van der Waals surface area contributed by atoms with Gasteiger partial charge >= 0.3 is 6.03 Å². The molecule has 0 atom stereocenters. The number of aromatic nitrogens is 1. The van der Waals surface area contributed by atoms with Crippen LogP contribution in [-0.4, -0.2) is 29.2 Å². The van der Waals surface area contributed by atoms with Gasteiger partial charge in [-0.15, -0.1) is 11.8 Å². The van der Waals surface area contributed by atoms with Crippen LogP contribution in [0.1, 0.15) is 19.8 Å². The lowest BCUT2D eigenvalue weighted by Crippen LogP contribution is -2.40. The second kappa shape index (κ2) is 8.36. The number of urea groups is 1. The molecule has 0 saturated heterocycles. The summed E-state index contributed by atoms with van der Waals surface area (Å²) in [6, 6.07) is 2.99. The summed E-state index contributed by atoms with van der Waals surface area (Å²) in [6.07, 6.45) is 3.48. The maximum Gasteiger partial charge on any atom is 0.321 e. The highest BCUT2D eigenvalue weighted by Crippen LogP contribution is 2.16. The topological polar surface area (TPSA) is 97.1 Å². The molecule has 0 aliphatic heterocycles. The Morgan fingerprint density at radius 2 is 2.21 bits per heavy atom. The molecule has 0 aliphatic carbocycles. The summed E-state index contributed by atoms with van der Waals surface area (Å²) in [7, 11) is 0. The molecule has 0 aromatic carbocycles. The Labute approximate surface area is 116 Å². The van der Waals surface area contributed by atoms with E-state index in [0.29, 0.717) is 12.4 Å². The minimum atomic E-state index is -0.450. The van der Waals surface area contributed by atoms with Gasteiger partial charge in [-0.25, -0.2) is 9.78 Å². The molecule has 6 nitrogen and oxygen atoms in total. The molecule has 19 heavy (non-hydrogen) atoms. The van der Waals surface area contributed by atoms with Gasteiger partial charge in [-0.3, -0.25) is 10.1 Å². The van der Waals surface area contributed by atoms with Gasteiger partial charge in [0, 0.05) is 17.6 Å². The maximum atomic E-state index is 11.5. The smallest absolute Gasteiger partial charge is 0.321 e. The fourth-order valence-corrected chi connectivity index (χ4v) is 1.87. The zero-order valence-electron chi connectivity index (χ0n) is 10.8. The third kappa shape index (κ3) is 6.66. The molecule has 0 radical (unpaired) electrons. The van der Waals surface area contributed by atoms with E-state index in [1.165, 1.54) is 11.8 Å². The number of nitrogen functional groups attached to an aromatic ring is 1. The SMILES string of the molecule is CCCCNC(=O)NC(=O)CSc1ccc(N)nc1. The second-order valence-corrected chi connectivity index (χ2v) is 4.91. The fourth-order valence-electron chi connectivity index (χ4n) is 1.21. The molecule has 1 heterocycles. The molecule has 0 fully saturated rings. The van der Waals surface area contributed by atoms with Crippen LogP contribution >= 0.6 is 11.8 Å². The lowest BCUT2D eigenvalue weighted by molar-refractivity contribution is -0.117. The van der Waals surface area contributed by atoms with Gasteiger partial charge in [-0.05, 0) is 18.6 Å². The number of carbonyl (C=O) groups is 2. The Balaban J connectivity index is 2.24. The number of rotatable bonds is 6. The summed E-state index contributed by atoms with van der Waals surface area (Å²) in [5.41, 5.74) is 5.45. The number of pyridine rings is 1. The highest BCUT2D eigenvalue weighted by Gasteiger charge is 2.07. The highest BCUT2D eigenvalue weighted by atomic mass is 32.2. The molecule has 0 aliphatic rings. The Morgan fingerprint density at radius 1 is 1.42 bits per heavy atom. The molecule has 4 N–H and O–H groups in total. The molecule has 1 aromatic rings. The van der Waals surface area contributed by atoms with Gasteiger partial charge in [-0.2, -0.15) is 0 Å². The summed E-state index contributed by atoms with van der Waals surface area (Å²) in [5.74, 6) is 0.257. The van der Waals surface area contributed by atoms with E-state index >= 15 is 0 Å². The van der Waals surface area contributed by atoms with Crippen molar-refractivity contribution in [2.75, 3.05) is 18.0 Å². The van der Waals surface area contributed by atoms with Gasteiger partial charge in [0.25, 0.3) is 0 Å². The van der Waals surface area contributed by atoms with Crippen molar-refractivity contribution in [2.24, 2.45) is 0 Å². The third-order valence-electron chi connectivity index (χ3n) is 2.20. The van der Waals surface area contributed by atoms with E-state index in [2.05, 4.69) is 15.6 Å². The van der Waals surface area contributed by atoms with Gasteiger partial charge in [0.15, 0.2) is 0 Å². The van der Waals surface area contributed by atoms with E-state index in [0.717, 1.165) is 17.7 Å². The number of imide groups is 1. The fraction of sp³-hybridized carbons (Fsp3) is 0.417. The van der Waals surface area contributed by atoms with Crippen LogP contribution in [0, 0.1) is 0 Å². The van der Waals surface area contributed by atoms with Crippen LogP contribution in [0.25, 0.3) is 0 Å². The highest BCUT2D eigenvalue weighted by molar-refractivity contribution is 8.00. The number of unbranched alkanes of at least 4 members (excludes halogenated alkanes) is 1. The Hall–Kier alpha value is -1.76. The van der Waals surface area contributed by atoms with Gasteiger partial charge in [0.1, 0.15) is 5.82 Å². The van der Waals surface area contributed by atoms with Crippen LogP contribution in [-0.2, 0) is 4.79 Å². The zero-order valence-corrected chi connectivity index (χ0v) is 11.6. The average molecular weight is 282 g/mol. The van der Waals surface area contributed by atoms with Crippen LogP contribution < -0.4 is 16.4 Å². The molecular formula is C12H18N4O2S. The summed E-state index contributed by atoms with van der Waals surface area (Å²) in [5, 5.41) is 4.88. The van der Waals surface area contributed by atoms with E-state index in [4.69, 9.17) is 5.73 Å². The van der Waals surface area contributed by atoms with Crippen molar-refractivity contribution in [3.05, 3.63) is 18.3 Å². The van der Waals surface area contributed by atoms with E-state index in [1.807, 2.05) is 6.92 Å². The molecule has 3 amide bonds. The molecule has 0 unspecified atom stereocenters. The molecule has 0 bridgehead atoms. The van der Waals surface area contributed by atoms with Crippen LogP contribution in [0.5, 0.6) is 0 Å². The summed E-state index contributed by atoms with van der Waals surface area (Å²) >= 11 is 1.30. The van der Waals surface area contributed by atoms with Crippen molar-refractivity contribution >= 4 is 29.5 Å². The first-order valence-corrected chi connectivity index (χ1v) is 7.02. The predicted molar refractivity (Wildman–Crippen MR) is 75.8 cm³/mol. The van der Waals surface area contributed by atoms with Crippen LogP contribution in [0.4, 0.5) is 10.6 Å². The maximum absolute atomic E-state index is 11.5. The predicted octanol–water partition coefficient (Wildman–Crippen LogP) is 1.38. The van der Waals surface area contributed by atoms with E-state index in [9.17, 15) is 9.59 Å². The minimum Gasteiger partial charge on any atom is -0.384 e. The van der Waals surface area contributed by atoms with E-state index < -0.39 is 6.03 Å². The van der Waals surface area contributed by atoms with Crippen molar-refractivity contribution in [3.8, 4) is 0 Å². The first kappa shape index (κ1) is 15.3. The van der Waals surface area contributed by atoms with Gasteiger partial charge < -0.3 is 11.1 Å². The van der Waals surface area contributed by atoms with Crippen molar-refractivity contribution in [1.29, 1.82) is 0 Å². The number of nitrogens with zero attached hydrogens (tertiary/aromatic N) is 1. The van der Waals surface area contributed by atoms with Crippen molar-refractivity contribution in [1.82, 2.24) is 15.6 Å². The normalized spacial score (nSPS) is 9.95. The third-order valence-corrected chi connectivity index (χ3v) is 3.18. The number of nitrogens with two attached hydrogens (primary N) is 1. The summed E-state index contributed by atoms with van der Waals surface area (Å²) < 4.78 is 0. The number of hydrogen-bond donors (Lipinski definition) is 3. The standard InChI is InChI=1S/C12H18N4O2S/c1-2-3-6-14-12(18)16-11(17)8-19-9-4-5-10(13)15-7-9/h4-5,7H,2-3,6,8H2,1H3,(H2,13,15)(H2,14,16,17,18). The molecule has 7 heteroatoms. The van der Waals surface area contributed by atoms with E-state index in [1.54, 1.807) is 18.3 Å². The number of amides is 3. The summed E-state index contributed by atoms with van der Waals surface area (Å²) in [6.45, 7) is 2.60. The Kier molecular flexibility index (Phi) is 6.73. The molecule has 1 aromatic heterocycles. The van der Waals surface area contributed by atoms with E-state index in [-0.39, 0.29) is 11.7 Å². The van der Waals surface area contributed by atoms with Gasteiger partial charge in [0.2, 0.25) is 5.91 Å². The van der Waals surface area contributed by atoms with Crippen molar-refractivity contribution in [2.45, 2.75) is 24.7 Å². The molecule has 0 spiro atoms. The lowest BCUT2D eigenvalue weighted by atomic mass is 10.3. The number of nitrogens with one attached hydrogen (secondary N) is 2. The van der Waals surface area contributed by atoms with Crippen molar-refractivity contribution < 1.29 is 9.59 Å². The summed E-state index contributed by atoms with van der Waals surface area (Å²) in [4.78, 5) is 27.5. The molecular weight excluding hydrogens is 264 g/mol. The quantitative estimate of drug-likeness (QED) is 0.541. The first-order chi connectivity index (χ1) is 9.11. The van der Waals surface area contributed by atoms with Gasteiger partial charge in [-0.1, -0.05) is 13.3 Å². The molecule has 0 saturated carbocycles. The van der Waals surface area contributed by atoms with Crippen LogP contribution in [0.2, 0.25) is 0 Å². The average Bonchev–Trinajstić information content (AvgIpc) is 2.38. The molecule has 1 rings (SSSR count). The minimum absolute atomic E-state index is 0.160. The first-order valence-electron chi connectivity index (χ1n) is 6.04. The zero-order chi connectivity index (χ0) is 14.1. The number of carbonyl (C=O) groups excluding carboxylic acids is 2. The van der Waals surface area contributed by atoms with Crippen LogP contribution in [0.3, 0.4) is 0 Å². The Morgan fingerprint density at radius 3 is 2.84 bits per heavy atom.